The van der Waals surface area contributed by atoms with Crippen molar-refractivity contribution in [1.82, 2.24) is 35.6 Å². The molecule has 4 aromatic carbocycles. The molecule has 12 atom stereocenters. The van der Waals surface area contributed by atoms with E-state index in [0.29, 0.717) is 112 Å². The average Bonchev–Trinajstić information content (AvgIpc) is 1.48. The van der Waals surface area contributed by atoms with Crippen LogP contribution in [-0.2, 0) is 49.7 Å². The average molecular weight is 1250 g/mol. The van der Waals surface area contributed by atoms with Crippen LogP contribution in [0, 0.1) is 50.4 Å². The summed E-state index contributed by atoms with van der Waals surface area (Å²) in [4.78, 5) is 71.9. The number of nitrogens with one attached hydrogen (secondary N) is 3. The molecule has 3 amide bonds. The molecule has 25 nitrogen and oxygen atoms in total. The van der Waals surface area contributed by atoms with Gasteiger partial charge in [0, 0.05) is 102 Å². The van der Waals surface area contributed by atoms with Gasteiger partial charge in [-0.2, -0.15) is 10.5 Å². The Hall–Kier alpha value is -8.59. The Morgan fingerprint density at radius 2 is 1.04 bits per heavy atom. The molecule has 8 aliphatic rings. The van der Waals surface area contributed by atoms with Gasteiger partial charge in [-0.1, -0.05) is 19.1 Å². The zero-order valence-electron chi connectivity index (χ0n) is 53.6. The summed E-state index contributed by atoms with van der Waals surface area (Å²) in [5.74, 6) is 1.71. The maximum atomic E-state index is 13.4. The number of hydrogen-bond acceptors (Lipinski definition) is 22. The fourth-order valence-electron chi connectivity index (χ4n) is 15.9. The highest BCUT2D eigenvalue weighted by Crippen LogP contribution is 2.61. The highest BCUT2D eigenvalue weighted by Gasteiger charge is 2.59. The Bertz CT molecular complexity index is 3770. The lowest BCUT2D eigenvalue weighted by atomic mass is 9.71. The van der Waals surface area contributed by atoms with Gasteiger partial charge in [0.25, 0.3) is 0 Å². The van der Waals surface area contributed by atoms with E-state index in [2.05, 4.69) is 47.7 Å². The molecule has 91 heavy (non-hydrogen) atoms. The summed E-state index contributed by atoms with van der Waals surface area (Å²) in [6.07, 6.45) is 2.74. The zero-order valence-corrected chi connectivity index (χ0v) is 53.6. The number of phenolic OH excluding ortho intramolecular Hbond substituents is 2. The van der Waals surface area contributed by atoms with E-state index >= 15 is 0 Å². The maximum absolute atomic E-state index is 13.4. The molecule has 4 aromatic rings. The van der Waals surface area contributed by atoms with Gasteiger partial charge >= 0.3 is 11.9 Å². The second kappa shape index (κ2) is 24.9. The first-order chi connectivity index (χ1) is 43.4. The van der Waals surface area contributed by atoms with Crippen LogP contribution in [0.3, 0.4) is 0 Å². The number of methoxy groups -OCH3 is 2. The summed E-state index contributed by atoms with van der Waals surface area (Å²) in [5.41, 5.74) is 15.0. The zero-order chi connectivity index (χ0) is 65.5. The molecule has 4 bridgehead atoms. The van der Waals surface area contributed by atoms with Crippen LogP contribution in [0.1, 0.15) is 138 Å². The number of nitriles is 2. The van der Waals surface area contributed by atoms with Crippen molar-refractivity contribution in [2.75, 3.05) is 55.0 Å². The highest BCUT2D eigenvalue weighted by atomic mass is 16.7. The number of benzene rings is 4. The van der Waals surface area contributed by atoms with E-state index in [9.17, 15) is 44.7 Å². The molecule has 2 unspecified atom stereocenters. The number of aryl methyl sites for hydroxylation is 2. The van der Waals surface area contributed by atoms with Gasteiger partial charge in [-0.3, -0.25) is 43.6 Å². The number of amides is 3. The molecule has 484 valence electrons. The number of nitrogens with two attached hydrogens (primary N) is 1. The van der Waals surface area contributed by atoms with Gasteiger partial charge < -0.3 is 69.8 Å². The van der Waals surface area contributed by atoms with Crippen molar-refractivity contribution in [2.45, 2.75) is 173 Å². The van der Waals surface area contributed by atoms with Crippen molar-refractivity contribution in [3.8, 4) is 69.6 Å². The molecular weight excluding hydrogens is 1170 g/mol. The van der Waals surface area contributed by atoms with Gasteiger partial charge in [0.15, 0.2) is 46.0 Å². The number of carbonyl (C=O) groups is 5. The van der Waals surface area contributed by atoms with E-state index in [1.807, 2.05) is 60.8 Å². The first kappa shape index (κ1) is 64.0. The minimum atomic E-state index is -0.791. The monoisotopic (exact) mass is 1250 g/mol. The SMILES string of the molecule is CCCC(=O)N[C@@H](C)C(=O)NC[C@H]1c2c(c(OC(C)=O)c(C)c3c2OCO3)CC2[C@H]3c4c(cc(C)c(OC)c4O)C[C@@H]([C@H](C#N)N21)N3C.COc1c(C)cc2c(c1O)[C@@H]1C3Cc4c(OC(C)=O)c(C)c5c(c4[C@H](CNC(=O)[C@H](C)N)N3[C@@H](C#N)[C@H](C2)N1C)OCO5. The fraction of sp³-hybridized carbons (Fsp3) is 0.530. The minimum Gasteiger partial charge on any atom is -0.504 e. The van der Waals surface area contributed by atoms with Gasteiger partial charge in [-0.15, -0.1) is 0 Å². The molecule has 0 saturated carbocycles. The molecule has 0 spiro atoms. The Labute approximate surface area is 528 Å². The van der Waals surface area contributed by atoms with Crippen molar-refractivity contribution in [3.05, 3.63) is 78.9 Å². The molecule has 12 rings (SSSR count). The Kier molecular flexibility index (Phi) is 17.5. The van der Waals surface area contributed by atoms with E-state index in [1.165, 1.54) is 28.1 Å². The third-order valence-electron chi connectivity index (χ3n) is 19.6. The third kappa shape index (κ3) is 10.6. The lowest BCUT2D eigenvalue weighted by Gasteiger charge is -2.60. The predicted molar refractivity (Wildman–Crippen MR) is 327 cm³/mol. The number of esters is 2. The lowest BCUT2D eigenvalue weighted by Crippen LogP contribution is -2.69. The number of aromatic hydroxyl groups is 2. The number of nitrogens with zero attached hydrogens (tertiary/aromatic N) is 6. The van der Waals surface area contributed by atoms with Crippen LogP contribution in [-0.4, -0.2) is 163 Å². The van der Waals surface area contributed by atoms with Crippen molar-refractivity contribution >= 4 is 29.7 Å². The van der Waals surface area contributed by atoms with Crippen molar-refractivity contribution < 1.29 is 72.1 Å². The summed E-state index contributed by atoms with van der Waals surface area (Å²) in [5, 5.41) is 53.6. The summed E-state index contributed by atoms with van der Waals surface area (Å²) >= 11 is 0. The number of carbonyl (C=O) groups excluding carboxylic acids is 5. The summed E-state index contributed by atoms with van der Waals surface area (Å²) < 4.78 is 46.8. The van der Waals surface area contributed by atoms with Crippen molar-refractivity contribution in [3.63, 3.8) is 0 Å². The fourth-order valence-corrected chi connectivity index (χ4v) is 15.9. The minimum absolute atomic E-state index is 0.00939. The van der Waals surface area contributed by atoms with Gasteiger partial charge in [-0.05, 0) is 110 Å². The maximum Gasteiger partial charge on any atom is 0.308 e. The predicted octanol–water partition coefficient (Wildman–Crippen LogP) is 4.77. The largest absolute Gasteiger partial charge is 0.504 e. The number of hydrogen-bond donors (Lipinski definition) is 6. The molecule has 2 fully saturated rings. The third-order valence-corrected chi connectivity index (χ3v) is 19.6. The first-order valence-electron chi connectivity index (χ1n) is 30.9. The standard InChI is InChI=1S/C35H43N5O8.C31H37N5O7/c1-8-9-26(42)38-18(4)35(44)37-14-25-28-21(32(48-19(5)41)17(3)33-34(28)47-15-46-33)12-23-29-27-20(10-16(2)31(45-7)30(27)43)11-22(39(29)6)24(13-36)40(23)25;1-13-7-17-8-19-21(10-32)36-20(25(35(19)5)23(17)26(38)27(13)40-6)9-18-24(22(36)11-34-31(39)15(3)33)30-29(41-12-42-30)14(2)28(18)43-16(4)37/h10,18,22-25,29,43H,8-9,11-12,14-15H2,1-7H3,(H,37,44)(H,38,42);7,15,19-22,25,38H,8-9,11-12,33H2,1-6H3,(H,34,39)/t18-,22-,23?,24-,25-,29-;15-,19-,20?,21-,22-,25-/m00/s1. The Balaban J connectivity index is 0.000000188. The van der Waals surface area contributed by atoms with Crippen LogP contribution in [0.5, 0.6) is 57.5 Å². The molecule has 0 aliphatic carbocycles. The van der Waals surface area contributed by atoms with Crippen LogP contribution in [0.15, 0.2) is 12.1 Å². The number of rotatable bonds is 13. The highest BCUT2D eigenvalue weighted by molar-refractivity contribution is 5.87. The molecule has 0 radical (unpaired) electrons. The van der Waals surface area contributed by atoms with E-state index in [0.717, 1.165) is 38.9 Å². The molecule has 25 heteroatoms. The first-order valence-corrected chi connectivity index (χ1v) is 30.9. The van der Waals surface area contributed by atoms with Crippen molar-refractivity contribution in [2.24, 2.45) is 5.73 Å². The van der Waals surface area contributed by atoms with Crippen LogP contribution >= 0.6 is 0 Å². The topological polar surface area (TPSA) is 322 Å². The van der Waals surface area contributed by atoms with Gasteiger partial charge in [-0.25, -0.2) is 0 Å². The van der Waals surface area contributed by atoms with E-state index in [4.69, 9.17) is 43.6 Å². The summed E-state index contributed by atoms with van der Waals surface area (Å²) in [6, 6.07) is 3.37. The number of ether oxygens (including phenoxy) is 8. The number of piperazine rings is 2. The molecule has 8 aliphatic heterocycles. The normalized spacial score (nSPS) is 25.1. The van der Waals surface area contributed by atoms with Gasteiger partial charge in [0.2, 0.25) is 31.3 Å². The molecule has 2 saturated heterocycles. The smallest absolute Gasteiger partial charge is 0.308 e. The number of likely N-dealkylation sites (N-methyl/N-ethyl adjacent to an activating group) is 2. The lowest BCUT2D eigenvalue weighted by molar-refractivity contribution is -0.133. The van der Waals surface area contributed by atoms with E-state index in [1.54, 1.807) is 13.8 Å². The van der Waals surface area contributed by atoms with Crippen LogP contribution in [0.25, 0.3) is 0 Å². The molecular formula is C66H80N10O15. The number of phenols is 2. The van der Waals surface area contributed by atoms with Crippen molar-refractivity contribution in [1.29, 1.82) is 10.5 Å². The quantitative estimate of drug-likeness (QED) is 0.0775. The van der Waals surface area contributed by atoms with Gasteiger partial charge in [0.05, 0.1) is 56.6 Å². The second-order valence-electron chi connectivity index (χ2n) is 25.0. The van der Waals surface area contributed by atoms with Crippen LogP contribution < -0.4 is 59.6 Å². The Morgan fingerprint density at radius 3 is 1.42 bits per heavy atom. The van der Waals surface area contributed by atoms with Crippen LogP contribution in [0.4, 0.5) is 0 Å². The summed E-state index contributed by atoms with van der Waals surface area (Å²) in [6.45, 7) is 15.4. The van der Waals surface area contributed by atoms with E-state index < -0.39 is 54.2 Å². The van der Waals surface area contributed by atoms with E-state index in [-0.39, 0.29) is 86.1 Å². The second-order valence-corrected chi connectivity index (χ2v) is 25.0. The summed E-state index contributed by atoms with van der Waals surface area (Å²) in [7, 11) is 7.01. The Morgan fingerprint density at radius 1 is 0.637 bits per heavy atom. The molecule has 7 N–H and O–H groups in total. The van der Waals surface area contributed by atoms with Gasteiger partial charge in [0.1, 0.15) is 29.6 Å². The number of fused-ring (bicyclic) bond motifs is 18. The van der Waals surface area contributed by atoms with Crippen LogP contribution in [0.2, 0.25) is 0 Å². The molecule has 0 aromatic heterocycles. The molecule has 8 heterocycles.